The predicted octanol–water partition coefficient (Wildman–Crippen LogP) is 2.12. The van der Waals surface area contributed by atoms with Gasteiger partial charge >= 0.3 is 0 Å². The van der Waals surface area contributed by atoms with Crippen LogP contribution in [0.15, 0.2) is 30.3 Å². The van der Waals surface area contributed by atoms with Crippen molar-refractivity contribution in [2.24, 2.45) is 0 Å². The number of nitrogens with zero attached hydrogens (tertiary/aromatic N) is 3. The lowest BCUT2D eigenvalue weighted by Crippen LogP contribution is -2.49. The van der Waals surface area contributed by atoms with Gasteiger partial charge in [-0.3, -0.25) is 9.80 Å². The molecule has 24 heavy (non-hydrogen) atoms. The first kappa shape index (κ1) is 19.4. The molecule has 0 bridgehead atoms. The smallest absolute Gasteiger partial charge is 0.0208 e. The maximum Gasteiger partial charge on any atom is 0.0208 e. The molecule has 0 spiro atoms. The van der Waals surface area contributed by atoms with Crippen molar-refractivity contribution < 1.29 is 0 Å². The Bertz CT molecular complexity index is 440. The molecular weight excluding hydrogens is 296 g/mol. The van der Waals surface area contributed by atoms with Crippen molar-refractivity contribution >= 4 is 0 Å². The Morgan fingerprint density at radius 1 is 1.04 bits per heavy atom. The first-order chi connectivity index (χ1) is 11.5. The van der Waals surface area contributed by atoms with Gasteiger partial charge < -0.3 is 10.2 Å². The van der Waals surface area contributed by atoms with Crippen LogP contribution in [0.25, 0.3) is 0 Å². The molecule has 1 fully saturated rings. The number of likely N-dealkylation sites (N-methyl/N-ethyl adjacent to an activating group) is 1. The summed E-state index contributed by atoms with van der Waals surface area (Å²) in [5.41, 5.74) is 1.36. The summed E-state index contributed by atoms with van der Waals surface area (Å²) in [6.07, 6.45) is 0. The van der Waals surface area contributed by atoms with Gasteiger partial charge in [0.1, 0.15) is 0 Å². The molecule has 2 rings (SSSR count). The standard InChI is InChI=1S/C20H36N4/c1-18(2)24(15-14-23-12-10-22(4)11-13-23)17-19(3)21-16-20-8-6-5-7-9-20/h5-9,18-19,21H,10-17H2,1-4H3. The van der Waals surface area contributed by atoms with Gasteiger partial charge in [0.05, 0.1) is 0 Å². The lowest BCUT2D eigenvalue weighted by molar-refractivity contribution is 0.121. The minimum Gasteiger partial charge on any atom is -0.309 e. The van der Waals surface area contributed by atoms with Crippen LogP contribution in [0, 0.1) is 0 Å². The molecule has 1 N–H and O–H groups in total. The zero-order chi connectivity index (χ0) is 17.4. The molecular formula is C20H36N4. The molecule has 0 saturated carbocycles. The monoisotopic (exact) mass is 332 g/mol. The van der Waals surface area contributed by atoms with Gasteiger partial charge in [-0.05, 0) is 33.4 Å². The third-order valence-electron chi connectivity index (χ3n) is 5.04. The summed E-state index contributed by atoms with van der Waals surface area (Å²) in [6.45, 7) is 16.2. The van der Waals surface area contributed by atoms with Gasteiger partial charge in [-0.15, -0.1) is 0 Å². The summed E-state index contributed by atoms with van der Waals surface area (Å²) in [6, 6.07) is 11.8. The minimum atomic E-state index is 0.500. The highest BCUT2D eigenvalue weighted by Gasteiger charge is 2.17. The zero-order valence-corrected chi connectivity index (χ0v) is 16.0. The number of benzene rings is 1. The van der Waals surface area contributed by atoms with Crippen molar-refractivity contribution in [1.82, 2.24) is 20.0 Å². The Kier molecular flexibility index (Phi) is 8.19. The van der Waals surface area contributed by atoms with Crippen LogP contribution in [0.4, 0.5) is 0 Å². The topological polar surface area (TPSA) is 21.8 Å². The molecule has 0 aromatic heterocycles. The van der Waals surface area contributed by atoms with Gasteiger partial charge in [-0.2, -0.15) is 0 Å². The van der Waals surface area contributed by atoms with Gasteiger partial charge in [0.2, 0.25) is 0 Å². The van der Waals surface area contributed by atoms with Gasteiger partial charge in [0.15, 0.2) is 0 Å². The predicted molar refractivity (Wildman–Crippen MR) is 103 cm³/mol. The molecule has 0 radical (unpaired) electrons. The van der Waals surface area contributed by atoms with E-state index in [1.54, 1.807) is 0 Å². The molecule has 1 aliphatic heterocycles. The molecule has 0 aliphatic carbocycles. The highest BCUT2D eigenvalue weighted by Crippen LogP contribution is 2.05. The molecule has 1 aromatic carbocycles. The van der Waals surface area contributed by atoms with E-state index >= 15 is 0 Å². The third-order valence-corrected chi connectivity index (χ3v) is 5.04. The van der Waals surface area contributed by atoms with Gasteiger partial charge in [-0.25, -0.2) is 0 Å². The summed E-state index contributed by atoms with van der Waals surface area (Å²) in [5, 5.41) is 3.67. The number of hydrogen-bond acceptors (Lipinski definition) is 4. The van der Waals surface area contributed by atoms with Crippen molar-refractivity contribution in [2.45, 2.75) is 39.4 Å². The van der Waals surface area contributed by atoms with E-state index in [2.05, 4.69) is 78.2 Å². The van der Waals surface area contributed by atoms with Gasteiger partial charge in [0, 0.05) is 64.4 Å². The van der Waals surface area contributed by atoms with Gasteiger partial charge in [-0.1, -0.05) is 30.3 Å². The average Bonchev–Trinajstić information content (AvgIpc) is 2.59. The number of nitrogens with one attached hydrogen (secondary N) is 1. The molecule has 1 saturated heterocycles. The van der Waals surface area contributed by atoms with Crippen molar-refractivity contribution in [3.8, 4) is 0 Å². The highest BCUT2D eigenvalue weighted by atomic mass is 15.3. The van der Waals surface area contributed by atoms with E-state index in [9.17, 15) is 0 Å². The normalized spacial score (nSPS) is 18.4. The average molecular weight is 333 g/mol. The van der Waals surface area contributed by atoms with Crippen molar-refractivity contribution in [2.75, 3.05) is 52.9 Å². The molecule has 0 amide bonds. The van der Waals surface area contributed by atoms with Crippen molar-refractivity contribution in [3.63, 3.8) is 0 Å². The molecule has 1 unspecified atom stereocenters. The molecule has 1 aromatic rings. The van der Waals surface area contributed by atoms with E-state index in [-0.39, 0.29) is 0 Å². The number of piperazine rings is 1. The fourth-order valence-electron chi connectivity index (χ4n) is 3.21. The highest BCUT2D eigenvalue weighted by molar-refractivity contribution is 5.14. The second-order valence-electron chi connectivity index (χ2n) is 7.50. The van der Waals surface area contributed by atoms with E-state index in [1.807, 2.05) is 0 Å². The zero-order valence-electron chi connectivity index (χ0n) is 16.0. The largest absolute Gasteiger partial charge is 0.309 e. The molecule has 1 atom stereocenters. The number of hydrogen-bond donors (Lipinski definition) is 1. The van der Waals surface area contributed by atoms with Crippen molar-refractivity contribution in [3.05, 3.63) is 35.9 Å². The van der Waals surface area contributed by atoms with E-state index in [1.165, 1.54) is 44.8 Å². The quantitative estimate of drug-likeness (QED) is 0.748. The summed E-state index contributed by atoms with van der Waals surface area (Å²) < 4.78 is 0. The lowest BCUT2D eigenvalue weighted by atomic mass is 10.2. The molecule has 1 aliphatic rings. The van der Waals surface area contributed by atoms with Crippen molar-refractivity contribution in [1.29, 1.82) is 0 Å². The van der Waals surface area contributed by atoms with Crippen LogP contribution in [0.5, 0.6) is 0 Å². The fraction of sp³-hybridized carbons (Fsp3) is 0.700. The summed E-state index contributed by atoms with van der Waals surface area (Å²) in [4.78, 5) is 7.64. The maximum absolute atomic E-state index is 3.67. The first-order valence-electron chi connectivity index (χ1n) is 9.47. The van der Waals surface area contributed by atoms with Crippen LogP contribution >= 0.6 is 0 Å². The van der Waals surface area contributed by atoms with Crippen LogP contribution in [-0.4, -0.2) is 79.6 Å². The SMILES string of the molecule is CC(CN(CCN1CCN(C)CC1)C(C)C)NCc1ccccc1. The second-order valence-corrected chi connectivity index (χ2v) is 7.50. The molecule has 136 valence electrons. The Labute approximate surface area is 148 Å². The van der Waals surface area contributed by atoms with Gasteiger partial charge in [0.25, 0.3) is 0 Å². The third kappa shape index (κ3) is 6.89. The molecule has 1 heterocycles. The van der Waals surface area contributed by atoms with Crippen LogP contribution in [0.1, 0.15) is 26.3 Å². The lowest BCUT2D eigenvalue weighted by Gasteiger charge is -2.35. The maximum atomic E-state index is 3.67. The van der Waals surface area contributed by atoms with E-state index in [0.29, 0.717) is 12.1 Å². The Hall–Kier alpha value is -0.940. The van der Waals surface area contributed by atoms with E-state index in [0.717, 1.165) is 13.1 Å². The number of rotatable bonds is 9. The molecule has 4 heteroatoms. The Morgan fingerprint density at radius 3 is 2.33 bits per heavy atom. The van der Waals surface area contributed by atoms with E-state index in [4.69, 9.17) is 0 Å². The Balaban J connectivity index is 1.71. The first-order valence-corrected chi connectivity index (χ1v) is 9.47. The second kappa shape index (κ2) is 10.1. The fourth-order valence-corrected chi connectivity index (χ4v) is 3.21. The Morgan fingerprint density at radius 2 is 1.71 bits per heavy atom. The van der Waals surface area contributed by atoms with Crippen LogP contribution in [0.2, 0.25) is 0 Å². The summed E-state index contributed by atoms with van der Waals surface area (Å²) in [5.74, 6) is 0. The van der Waals surface area contributed by atoms with Crippen LogP contribution in [0.3, 0.4) is 0 Å². The minimum absolute atomic E-state index is 0.500. The van der Waals surface area contributed by atoms with Crippen LogP contribution < -0.4 is 5.32 Å². The summed E-state index contributed by atoms with van der Waals surface area (Å²) >= 11 is 0. The molecule has 4 nitrogen and oxygen atoms in total. The van der Waals surface area contributed by atoms with Crippen LogP contribution in [-0.2, 0) is 6.54 Å². The van der Waals surface area contributed by atoms with E-state index < -0.39 is 0 Å². The summed E-state index contributed by atoms with van der Waals surface area (Å²) in [7, 11) is 2.22.